The molecule has 0 aliphatic heterocycles. The average Bonchev–Trinajstić information content (AvgIpc) is 2.96. The first kappa shape index (κ1) is 16.0. The molecule has 0 fully saturated rings. The highest BCUT2D eigenvalue weighted by Crippen LogP contribution is 2.14. The number of nitrogens with one attached hydrogen (secondary N) is 3. The number of aromatic nitrogens is 2. The van der Waals surface area contributed by atoms with E-state index in [2.05, 4.69) is 20.8 Å². The molecule has 2 rings (SSSR count). The molecule has 0 atom stereocenters. The minimum absolute atomic E-state index is 0.00226. The van der Waals surface area contributed by atoms with Crippen LogP contribution in [0, 0.1) is 0 Å². The molecule has 0 aliphatic carbocycles. The van der Waals surface area contributed by atoms with Crippen molar-refractivity contribution in [2.24, 2.45) is 0 Å². The van der Waals surface area contributed by atoms with Crippen LogP contribution in [-0.2, 0) is 4.79 Å². The Kier molecular flexibility index (Phi) is 5.48. The van der Waals surface area contributed by atoms with E-state index in [1.165, 1.54) is 0 Å². The predicted molar refractivity (Wildman–Crippen MR) is 84.6 cm³/mol. The number of aromatic amines is 1. The maximum absolute atomic E-state index is 12.1. The summed E-state index contributed by atoms with van der Waals surface area (Å²) in [7, 11) is 3.59. The number of nitrogens with zero attached hydrogens (tertiary/aromatic N) is 2. The van der Waals surface area contributed by atoms with Gasteiger partial charge >= 0.3 is 0 Å². The van der Waals surface area contributed by atoms with E-state index in [-0.39, 0.29) is 18.2 Å². The molecule has 0 saturated heterocycles. The zero-order chi connectivity index (χ0) is 15.9. The second-order valence-electron chi connectivity index (χ2n) is 5.04. The number of hydrogen-bond acceptors (Lipinski definition) is 4. The summed E-state index contributed by atoms with van der Waals surface area (Å²) >= 11 is 0. The van der Waals surface area contributed by atoms with Crippen LogP contribution in [0.1, 0.15) is 16.9 Å². The summed E-state index contributed by atoms with van der Waals surface area (Å²) in [6, 6.07) is 7.43. The van der Waals surface area contributed by atoms with Crippen molar-refractivity contribution < 1.29 is 9.59 Å². The minimum Gasteiger partial charge on any atom is -0.350 e. The summed E-state index contributed by atoms with van der Waals surface area (Å²) in [6.07, 6.45) is 0.272. The number of fused-ring (bicyclic) bond motifs is 1. The van der Waals surface area contributed by atoms with Gasteiger partial charge in [-0.15, -0.1) is 0 Å². The Hall–Kier alpha value is -2.41. The second kappa shape index (κ2) is 7.56. The maximum atomic E-state index is 12.1. The quantitative estimate of drug-likeness (QED) is 0.689. The van der Waals surface area contributed by atoms with Crippen LogP contribution in [0.3, 0.4) is 0 Å². The maximum Gasteiger partial charge on any atom is 0.272 e. The van der Waals surface area contributed by atoms with Gasteiger partial charge in [-0.05, 0) is 13.1 Å². The molecule has 0 spiro atoms. The van der Waals surface area contributed by atoms with Crippen LogP contribution >= 0.6 is 0 Å². The molecule has 7 heteroatoms. The lowest BCUT2D eigenvalue weighted by atomic mass is 10.2. The fraction of sp³-hybridized carbons (Fsp3) is 0.400. The first-order valence-electron chi connectivity index (χ1n) is 7.23. The van der Waals surface area contributed by atoms with Crippen LogP contribution in [0.4, 0.5) is 0 Å². The number of para-hydroxylation sites is 1. The Morgan fingerprint density at radius 2 is 2.05 bits per heavy atom. The number of carbonyl (C=O) groups excluding carboxylic acids is 2. The van der Waals surface area contributed by atoms with Crippen molar-refractivity contribution in [2.45, 2.75) is 6.42 Å². The van der Waals surface area contributed by atoms with E-state index in [0.717, 1.165) is 17.4 Å². The SMILES string of the molecule is CNCCN(C)C(=O)CCNC(=O)c1n[nH]c2ccccc12. The van der Waals surface area contributed by atoms with Gasteiger partial charge in [-0.25, -0.2) is 0 Å². The van der Waals surface area contributed by atoms with Gasteiger partial charge in [0.2, 0.25) is 5.91 Å². The van der Waals surface area contributed by atoms with Crippen molar-refractivity contribution in [1.29, 1.82) is 0 Å². The van der Waals surface area contributed by atoms with Crippen LogP contribution in [0.2, 0.25) is 0 Å². The molecule has 22 heavy (non-hydrogen) atoms. The molecule has 2 aromatic rings. The Balaban J connectivity index is 1.84. The number of H-pyrrole nitrogens is 1. The molecule has 118 valence electrons. The average molecular weight is 303 g/mol. The first-order chi connectivity index (χ1) is 10.6. The van der Waals surface area contributed by atoms with Crippen LogP contribution in [0.15, 0.2) is 24.3 Å². The number of carbonyl (C=O) groups is 2. The van der Waals surface area contributed by atoms with Crippen LogP contribution in [0.25, 0.3) is 10.9 Å². The normalized spacial score (nSPS) is 10.6. The third-order valence-electron chi connectivity index (χ3n) is 3.43. The monoisotopic (exact) mass is 303 g/mol. The zero-order valence-electron chi connectivity index (χ0n) is 12.8. The highest BCUT2D eigenvalue weighted by molar-refractivity contribution is 6.04. The molecule has 0 aliphatic rings. The highest BCUT2D eigenvalue weighted by Gasteiger charge is 2.14. The molecule has 7 nitrogen and oxygen atoms in total. The summed E-state index contributed by atoms with van der Waals surface area (Å²) in [4.78, 5) is 25.6. The molecular formula is C15H21N5O2. The van der Waals surface area contributed by atoms with Gasteiger partial charge in [0.25, 0.3) is 5.91 Å². The van der Waals surface area contributed by atoms with Crippen LogP contribution in [-0.4, -0.2) is 60.6 Å². The standard InChI is InChI=1S/C15H21N5O2/c1-16-9-10-20(2)13(21)7-8-17-15(22)14-11-5-3-4-6-12(11)18-19-14/h3-6,16H,7-10H2,1-2H3,(H,17,22)(H,18,19). The molecule has 3 N–H and O–H groups in total. The molecule has 0 radical (unpaired) electrons. The Morgan fingerprint density at radius 3 is 2.82 bits per heavy atom. The van der Waals surface area contributed by atoms with E-state index in [9.17, 15) is 9.59 Å². The van der Waals surface area contributed by atoms with Gasteiger partial charge in [-0.2, -0.15) is 5.10 Å². The molecule has 1 aromatic heterocycles. The second-order valence-corrected chi connectivity index (χ2v) is 5.04. The van der Waals surface area contributed by atoms with E-state index in [0.29, 0.717) is 18.8 Å². The van der Waals surface area contributed by atoms with Crippen molar-refractivity contribution in [3.8, 4) is 0 Å². The third-order valence-corrected chi connectivity index (χ3v) is 3.43. The molecule has 1 aromatic carbocycles. The first-order valence-corrected chi connectivity index (χ1v) is 7.23. The summed E-state index contributed by atoms with van der Waals surface area (Å²) in [5.74, 6) is -0.273. The van der Waals surface area contributed by atoms with Crippen molar-refractivity contribution in [1.82, 2.24) is 25.7 Å². The molecule has 0 saturated carbocycles. The number of benzene rings is 1. The largest absolute Gasteiger partial charge is 0.350 e. The number of amides is 2. The lowest BCUT2D eigenvalue weighted by Gasteiger charge is -2.16. The zero-order valence-corrected chi connectivity index (χ0v) is 12.8. The van der Waals surface area contributed by atoms with Gasteiger partial charge in [0, 0.05) is 38.5 Å². The summed E-state index contributed by atoms with van der Waals surface area (Å²) in [5.41, 5.74) is 1.17. The molecule has 1 heterocycles. The predicted octanol–water partition coefficient (Wildman–Crippen LogP) is 0.361. The van der Waals surface area contributed by atoms with E-state index >= 15 is 0 Å². The van der Waals surface area contributed by atoms with Gasteiger partial charge < -0.3 is 15.5 Å². The summed E-state index contributed by atoms with van der Waals surface area (Å²) in [6.45, 7) is 1.68. The van der Waals surface area contributed by atoms with Gasteiger partial charge in [0.15, 0.2) is 5.69 Å². The van der Waals surface area contributed by atoms with Gasteiger partial charge in [-0.3, -0.25) is 14.7 Å². The van der Waals surface area contributed by atoms with E-state index < -0.39 is 0 Å². The molecule has 0 unspecified atom stereocenters. The van der Waals surface area contributed by atoms with Gasteiger partial charge in [-0.1, -0.05) is 18.2 Å². The van der Waals surface area contributed by atoms with Crippen LogP contribution < -0.4 is 10.6 Å². The highest BCUT2D eigenvalue weighted by atomic mass is 16.2. The van der Waals surface area contributed by atoms with Crippen molar-refractivity contribution >= 4 is 22.7 Å². The topological polar surface area (TPSA) is 90.1 Å². The Bertz CT molecular complexity index is 652. The molecule has 2 amide bonds. The third kappa shape index (κ3) is 3.82. The smallest absolute Gasteiger partial charge is 0.272 e. The fourth-order valence-corrected chi connectivity index (χ4v) is 2.10. The number of rotatable bonds is 7. The Morgan fingerprint density at radius 1 is 1.27 bits per heavy atom. The Labute approximate surface area is 129 Å². The lowest BCUT2D eigenvalue weighted by molar-refractivity contribution is -0.129. The molecular weight excluding hydrogens is 282 g/mol. The summed E-state index contributed by atoms with van der Waals surface area (Å²) < 4.78 is 0. The summed E-state index contributed by atoms with van der Waals surface area (Å²) in [5, 5.41) is 13.3. The lowest BCUT2D eigenvalue weighted by Crippen LogP contribution is -2.35. The van der Waals surface area contributed by atoms with E-state index in [1.807, 2.05) is 31.3 Å². The molecule has 0 bridgehead atoms. The van der Waals surface area contributed by atoms with Gasteiger partial charge in [0.1, 0.15) is 0 Å². The van der Waals surface area contributed by atoms with Crippen LogP contribution in [0.5, 0.6) is 0 Å². The van der Waals surface area contributed by atoms with Crippen molar-refractivity contribution in [2.75, 3.05) is 33.7 Å². The van der Waals surface area contributed by atoms with E-state index in [1.54, 1.807) is 11.9 Å². The van der Waals surface area contributed by atoms with E-state index in [4.69, 9.17) is 0 Å². The fourth-order valence-electron chi connectivity index (χ4n) is 2.10. The number of hydrogen-bond donors (Lipinski definition) is 3. The number of likely N-dealkylation sites (N-methyl/N-ethyl adjacent to an activating group) is 2. The minimum atomic E-state index is -0.275. The van der Waals surface area contributed by atoms with Gasteiger partial charge in [0.05, 0.1) is 5.52 Å². The van der Waals surface area contributed by atoms with Crippen molar-refractivity contribution in [3.05, 3.63) is 30.0 Å². The van der Waals surface area contributed by atoms with Crippen molar-refractivity contribution in [3.63, 3.8) is 0 Å².